The number of fused-ring (bicyclic) bond motifs is 1. The third-order valence-corrected chi connectivity index (χ3v) is 6.75. The van der Waals surface area contributed by atoms with E-state index in [0.29, 0.717) is 11.4 Å². The van der Waals surface area contributed by atoms with E-state index in [9.17, 15) is 8.78 Å². The molecule has 1 aromatic carbocycles. The summed E-state index contributed by atoms with van der Waals surface area (Å²) in [6.07, 6.45) is 2.98. The maximum atomic E-state index is 14.0. The summed E-state index contributed by atoms with van der Waals surface area (Å²) in [5.74, 6) is -2.73. The second-order valence-electron chi connectivity index (χ2n) is 9.24. The van der Waals surface area contributed by atoms with Gasteiger partial charge in [0.25, 0.3) is 5.92 Å². The number of ether oxygens (including phenoxy) is 1. The minimum atomic E-state index is -3.29. The molecule has 0 radical (unpaired) electrons. The van der Waals surface area contributed by atoms with Gasteiger partial charge in [0, 0.05) is 29.5 Å². The Balaban J connectivity index is 1.44. The fourth-order valence-corrected chi connectivity index (χ4v) is 4.63. The van der Waals surface area contributed by atoms with Gasteiger partial charge in [-0.15, -0.1) is 5.10 Å². The van der Waals surface area contributed by atoms with Crippen LogP contribution in [0.15, 0.2) is 36.5 Å². The van der Waals surface area contributed by atoms with Crippen molar-refractivity contribution < 1.29 is 18.6 Å². The van der Waals surface area contributed by atoms with E-state index in [0.717, 1.165) is 55.0 Å². The van der Waals surface area contributed by atoms with E-state index in [-0.39, 0.29) is 17.0 Å². The molecule has 0 amide bonds. The predicted octanol–water partition coefficient (Wildman–Crippen LogP) is 3.82. The van der Waals surface area contributed by atoms with Crippen molar-refractivity contribution in [3.8, 4) is 0 Å². The highest BCUT2D eigenvalue weighted by Crippen LogP contribution is 2.40. The number of rotatable bonds is 6. The highest BCUT2D eigenvalue weighted by Gasteiger charge is 2.44. The lowest BCUT2D eigenvalue weighted by molar-refractivity contribution is -0.0985. The Morgan fingerprint density at radius 2 is 2.09 bits per heavy atom. The lowest BCUT2D eigenvalue weighted by Gasteiger charge is -2.37. The number of alkyl halides is 2. The van der Waals surface area contributed by atoms with Gasteiger partial charge in [-0.25, -0.2) is 0 Å². The number of hydrogen-bond acceptors (Lipinski definition) is 7. The summed E-state index contributed by atoms with van der Waals surface area (Å²) in [5.41, 5.74) is 3.21. The molecule has 0 unspecified atom stereocenters. The minimum Gasteiger partial charge on any atom is -0.390 e. The number of aliphatic hydroxyl groups is 1. The van der Waals surface area contributed by atoms with E-state index in [1.165, 1.54) is 12.1 Å². The molecule has 7 nitrogen and oxygen atoms in total. The molecule has 2 aliphatic heterocycles. The lowest BCUT2D eigenvalue weighted by atomic mass is 9.85. The van der Waals surface area contributed by atoms with Crippen LogP contribution in [0, 0.1) is 12.3 Å². The van der Waals surface area contributed by atoms with Crippen LogP contribution >= 0.6 is 0 Å². The monoisotopic (exact) mass is 455 g/mol. The van der Waals surface area contributed by atoms with Crippen molar-refractivity contribution in [2.24, 2.45) is 5.41 Å². The Hall–Kier alpha value is -2.91. The first-order valence-electron chi connectivity index (χ1n) is 11.1. The highest BCUT2D eigenvalue weighted by molar-refractivity contribution is 5.92. The summed E-state index contributed by atoms with van der Waals surface area (Å²) < 4.78 is 33.4. The molecule has 4 heterocycles. The summed E-state index contributed by atoms with van der Waals surface area (Å²) in [6, 6.07) is 7.83. The van der Waals surface area contributed by atoms with E-state index >= 15 is 0 Å². The Morgan fingerprint density at radius 1 is 1.27 bits per heavy atom. The fraction of sp³-hybridized carbons (Fsp3) is 0.458. The first-order chi connectivity index (χ1) is 15.8. The van der Waals surface area contributed by atoms with Crippen LogP contribution < -0.4 is 10.2 Å². The van der Waals surface area contributed by atoms with Gasteiger partial charge in [0.2, 0.25) is 0 Å². The normalized spacial score (nSPS) is 18.5. The van der Waals surface area contributed by atoms with Crippen LogP contribution in [0.2, 0.25) is 0 Å². The number of hydrogen-bond donors (Lipinski definition) is 2. The molecule has 5 rings (SSSR count). The number of aliphatic hydroxyl groups excluding tert-OH is 1. The zero-order valence-corrected chi connectivity index (χ0v) is 18.7. The van der Waals surface area contributed by atoms with Crippen molar-refractivity contribution in [1.29, 1.82) is 0 Å². The van der Waals surface area contributed by atoms with Crippen LogP contribution in [0.1, 0.15) is 36.2 Å². The zero-order chi connectivity index (χ0) is 23.2. The third-order valence-electron chi connectivity index (χ3n) is 6.75. The molecule has 0 aliphatic carbocycles. The SMILES string of the molecule is Cc1nnc(N[C@H](C)c2cccc(C(F)(F)CO)c2)c2cc(N3CCC4(COC4)C3)cnc12. The third kappa shape index (κ3) is 4.00. The predicted molar refractivity (Wildman–Crippen MR) is 122 cm³/mol. The van der Waals surface area contributed by atoms with E-state index in [2.05, 4.69) is 31.5 Å². The zero-order valence-electron chi connectivity index (χ0n) is 18.7. The van der Waals surface area contributed by atoms with Crippen LogP contribution in [-0.4, -0.2) is 53.2 Å². The molecule has 9 heteroatoms. The van der Waals surface area contributed by atoms with Crippen LogP contribution in [0.5, 0.6) is 0 Å². The number of nitrogens with zero attached hydrogens (tertiary/aromatic N) is 4. The molecule has 2 aromatic heterocycles. The van der Waals surface area contributed by atoms with E-state index < -0.39 is 12.5 Å². The number of aryl methyl sites for hydroxylation is 1. The molecule has 3 aromatic rings. The Kier molecular flexibility index (Phi) is 5.41. The van der Waals surface area contributed by atoms with Gasteiger partial charge >= 0.3 is 0 Å². The summed E-state index contributed by atoms with van der Waals surface area (Å²) in [5, 5.41) is 21.8. The number of halogens is 2. The Labute approximate surface area is 190 Å². The molecular weight excluding hydrogens is 428 g/mol. The van der Waals surface area contributed by atoms with Crippen LogP contribution in [0.3, 0.4) is 0 Å². The minimum absolute atomic E-state index is 0.220. The largest absolute Gasteiger partial charge is 0.390 e. The lowest BCUT2D eigenvalue weighted by Crippen LogP contribution is -2.44. The number of pyridine rings is 1. The second kappa shape index (κ2) is 8.14. The Bertz CT molecular complexity index is 1180. The van der Waals surface area contributed by atoms with Gasteiger partial charge in [0.1, 0.15) is 6.61 Å². The average Bonchev–Trinajstić information content (AvgIpc) is 3.27. The van der Waals surface area contributed by atoms with E-state index in [1.807, 2.05) is 20.0 Å². The molecule has 1 atom stereocenters. The number of aromatic nitrogens is 3. The second-order valence-corrected chi connectivity index (χ2v) is 9.24. The van der Waals surface area contributed by atoms with Crippen LogP contribution in [0.4, 0.5) is 20.3 Å². The van der Waals surface area contributed by atoms with Crippen molar-refractivity contribution in [1.82, 2.24) is 15.2 Å². The van der Waals surface area contributed by atoms with Gasteiger partial charge in [-0.3, -0.25) is 4.98 Å². The highest BCUT2D eigenvalue weighted by atomic mass is 19.3. The standard InChI is InChI=1S/C24H27F2N5O2/c1-15(17-4-3-5-18(8-17)24(25,26)12-32)28-22-20-9-19(10-27-21(20)16(2)29-30-22)31-7-6-23(11-31)13-33-14-23/h3-5,8-10,15,32H,6-7,11-14H2,1-2H3,(H,28,30)/t15-/m1/s1. The molecule has 2 aliphatic rings. The first kappa shape index (κ1) is 21.9. The Morgan fingerprint density at radius 3 is 2.79 bits per heavy atom. The molecular formula is C24H27F2N5O2. The van der Waals surface area contributed by atoms with Gasteiger partial charge in [0.15, 0.2) is 5.82 Å². The maximum Gasteiger partial charge on any atom is 0.295 e. The van der Waals surface area contributed by atoms with E-state index in [1.54, 1.807) is 12.1 Å². The number of benzene rings is 1. The number of anilines is 2. The first-order valence-corrected chi connectivity index (χ1v) is 11.1. The molecule has 2 N–H and O–H groups in total. The van der Waals surface area contributed by atoms with Gasteiger partial charge in [0.05, 0.1) is 42.4 Å². The summed E-state index contributed by atoms with van der Waals surface area (Å²) in [7, 11) is 0. The topological polar surface area (TPSA) is 83.4 Å². The summed E-state index contributed by atoms with van der Waals surface area (Å²) in [6.45, 7) is 6.04. The molecule has 33 heavy (non-hydrogen) atoms. The van der Waals surface area contributed by atoms with Crippen LogP contribution in [-0.2, 0) is 10.7 Å². The number of nitrogens with one attached hydrogen (secondary N) is 1. The van der Waals surface area contributed by atoms with Gasteiger partial charge in [-0.2, -0.15) is 13.9 Å². The van der Waals surface area contributed by atoms with Crippen molar-refractivity contribution in [3.63, 3.8) is 0 Å². The van der Waals surface area contributed by atoms with Crippen molar-refractivity contribution >= 4 is 22.4 Å². The van der Waals surface area contributed by atoms with Crippen molar-refractivity contribution in [3.05, 3.63) is 53.3 Å². The van der Waals surface area contributed by atoms with E-state index in [4.69, 9.17) is 9.84 Å². The molecule has 174 valence electrons. The smallest absolute Gasteiger partial charge is 0.295 e. The molecule has 2 fully saturated rings. The van der Waals surface area contributed by atoms with Gasteiger partial charge in [-0.05, 0) is 38.0 Å². The maximum absolute atomic E-state index is 14.0. The van der Waals surface area contributed by atoms with Gasteiger partial charge < -0.3 is 20.1 Å². The molecule has 2 saturated heterocycles. The summed E-state index contributed by atoms with van der Waals surface area (Å²) in [4.78, 5) is 7.00. The average molecular weight is 456 g/mol. The van der Waals surface area contributed by atoms with Crippen LogP contribution in [0.25, 0.3) is 10.9 Å². The summed E-state index contributed by atoms with van der Waals surface area (Å²) >= 11 is 0. The fourth-order valence-electron chi connectivity index (χ4n) is 4.63. The van der Waals surface area contributed by atoms with Crippen molar-refractivity contribution in [2.75, 3.05) is 43.1 Å². The molecule has 1 spiro atoms. The molecule has 0 saturated carbocycles. The quantitative estimate of drug-likeness (QED) is 0.585. The van der Waals surface area contributed by atoms with Crippen molar-refractivity contribution in [2.45, 2.75) is 32.2 Å². The molecule has 0 bridgehead atoms. The van der Waals surface area contributed by atoms with Gasteiger partial charge in [-0.1, -0.05) is 18.2 Å².